The maximum absolute atomic E-state index is 12.9. The van der Waals surface area contributed by atoms with E-state index in [1.165, 1.54) is 43.3 Å². The minimum absolute atomic E-state index is 0.122. The molecule has 0 atom stereocenters. The first kappa shape index (κ1) is 13.9. The zero-order valence-electron chi connectivity index (χ0n) is 10.2. The number of hydrogen-bond donors (Lipinski definition) is 0. The number of esters is 1. The van der Waals surface area contributed by atoms with Crippen molar-refractivity contribution in [2.45, 2.75) is 0 Å². The molecule has 0 radical (unpaired) electrons. The second-order valence-corrected chi connectivity index (χ2v) is 3.66. The van der Waals surface area contributed by atoms with Gasteiger partial charge in [0.2, 0.25) is 5.91 Å². The molecular weight excluding hydrogens is 237 g/mol. The smallest absolute Gasteiger partial charge is 0.325 e. The summed E-state index contributed by atoms with van der Waals surface area (Å²) in [6.45, 7) is -0.122. The van der Waals surface area contributed by atoms with E-state index >= 15 is 0 Å². The zero-order valence-corrected chi connectivity index (χ0v) is 10.2. The van der Waals surface area contributed by atoms with E-state index in [1.807, 2.05) is 0 Å². The van der Waals surface area contributed by atoms with Crippen LogP contribution in [-0.4, -0.2) is 37.5 Å². The van der Waals surface area contributed by atoms with Gasteiger partial charge in [-0.25, -0.2) is 4.39 Å². The minimum atomic E-state index is -0.495. The summed E-state index contributed by atoms with van der Waals surface area (Å²) in [5, 5.41) is 0. The quantitative estimate of drug-likeness (QED) is 0.601. The van der Waals surface area contributed by atoms with Crippen LogP contribution in [0.5, 0.6) is 0 Å². The highest BCUT2D eigenvalue weighted by molar-refractivity contribution is 5.93. The Kier molecular flexibility index (Phi) is 5.05. The number of amides is 1. The fourth-order valence-electron chi connectivity index (χ4n) is 1.24. The Hall–Kier alpha value is -2.17. The van der Waals surface area contributed by atoms with E-state index in [1.54, 1.807) is 12.1 Å². The van der Waals surface area contributed by atoms with Crippen LogP contribution in [0, 0.1) is 5.82 Å². The van der Waals surface area contributed by atoms with Crippen molar-refractivity contribution in [3.63, 3.8) is 0 Å². The highest BCUT2D eigenvalue weighted by Gasteiger charge is 2.09. The molecule has 0 bridgehead atoms. The molecular formula is C13H14FNO3. The molecule has 0 aliphatic heterocycles. The number of nitrogens with zero attached hydrogens (tertiary/aromatic N) is 1. The third-order valence-electron chi connectivity index (χ3n) is 2.24. The second-order valence-electron chi connectivity index (χ2n) is 3.66. The summed E-state index contributed by atoms with van der Waals surface area (Å²) in [5.41, 5.74) is 0.579. The molecule has 0 spiro atoms. The fourth-order valence-corrected chi connectivity index (χ4v) is 1.24. The van der Waals surface area contributed by atoms with Crippen molar-refractivity contribution in [2.24, 2.45) is 0 Å². The average Bonchev–Trinajstić information content (AvgIpc) is 2.35. The highest BCUT2D eigenvalue weighted by Crippen LogP contribution is 2.05. The Bertz CT molecular complexity index is 471. The molecule has 1 rings (SSSR count). The van der Waals surface area contributed by atoms with Crippen LogP contribution >= 0.6 is 0 Å². The van der Waals surface area contributed by atoms with Gasteiger partial charge in [0, 0.05) is 13.1 Å². The average molecular weight is 251 g/mol. The molecule has 1 aromatic carbocycles. The standard InChI is InChI=1S/C13H14FNO3/c1-15(9-13(17)18-2)12(16)7-6-10-4-3-5-11(14)8-10/h3-8H,9H2,1-2H3/b7-6+. The van der Waals surface area contributed by atoms with E-state index in [4.69, 9.17) is 0 Å². The number of methoxy groups -OCH3 is 1. The monoisotopic (exact) mass is 251 g/mol. The highest BCUT2D eigenvalue weighted by atomic mass is 19.1. The Morgan fingerprint density at radius 1 is 1.44 bits per heavy atom. The fraction of sp³-hybridized carbons (Fsp3) is 0.231. The molecule has 0 heterocycles. The summed E-state index contributed by atoms with van der Waals surface area (Å²) in [7, 11) is 2.73. The number of hydrogen-bond acceptors (Lipinski definition) is 3. The van der Waals surface area contributed by atoms with Crippen LogP contribution in [0.1, 0.15) is 5.56 Å². The summed E-state index contributed by atoms with van der Waals surface area (Å²) in [6.07, 6.45) is 2.76. The van der Waals surface area contributed by atoms with Gasteiger partial charge in [-0.3, -0.25) is 9.59 Å². The van der Waals surface area contributed by atoms with Crippen molar-refractivity contribution in [3.8, 4) is 0 Å². The predicted molar refractivity (Wildman–Crippen MR) is 65.1 cm³/mol. The number of carbonyl (C=O) groups is 2. The summed E-state index contributed by atoms with van der Waals surface area (Å²) >= 11 is 0. The lowest BCUT2D eigenvalue weighted by Crippen LogP contribution is -2.31. The van der Waals surface area contributed by atoms with Gasteiger partial charge in [0.15, 0.2) is 0 Å². The van der Waals surface area contributed by atoms with Gasteiger partial charge in [0.05, 0.1) is 7.11 Å². The Morgan fingerprint density at radius 2 is 2.17 bits per heavy atom. The lowest BCUT2D eigenvalue weighted by Gasteiger charge is -2.12. The van der Waals surface area contributed by atoms with E-state index < -0.39 is 5.97 Å². The molecule has 1 aromatic rings. The molecule has 0 aliphatic rings. The number of carbonyl (C=O) groups excluding carboxylic acids is 2. The molecule has 0 N–H and O–H groups in total. The molecule has 0 saturated carbocycles. The summed E-state index contributed by atoms with van der Waals surface area (Å²) in [4.78, 5) is 23.8. The van der Waals surface area contributed by atoms with Crippen LogP contribution in [-0.2, 0) is 14.3 Å². The molecule has 96 valence electrons. The lowest BCUT2D eigenvalue weighted by atomic mass is 10.2. The van der Waals surface area contributed by atoms with Gasteiger partial charge in [-0.2, -0.15) is 0 Å². The van der Waals surface area contributed by atoms with Crippen LogP contribution < -0.4 is 0 Å². The third kappa shape index (κ3) is 4.37. The van der Waals surface area contributed by atoms with Gasteiger partial charge in [-0.05, 0) is 23.8 Å². The van der Waals surface area contributed by atoms with Crippen molar-refractivity contribution in [1.29, 1.82) is 0 Å². The van der Waals surface area contributed by atoms with Gasteiger partial charge in [0.25, 0.3) is 0 Å². The minimum Gasteiger partial charge on any atom is -0.468 e. The second kappa shape index (κ2) is 6.54. The number of ether oxygens (including phenoxy) is 1. The first-order valence-electron chi connectivity index (χ1n) is 5.28. The van der Waals surface area contributed by atoms with Crippen molar-refractivity contribution >= 4 is 18.0 Å². The van der Waals surface area contributed by atoms with E-state index in [2.05, 4.69) is 4.74 Å². The first-order chi connectivity index (χ1) is 8.52. The number of rotatable bonds is 4. The van der Waals surface area contributed by atoms with E-state index in [0.29, 0.717) is 5.56 Å². The maximum atomic E-state index is 12.9. The summed E-state index contributed by atoms with van der Waals surface area (Å²) in [5.74, 6) is -1.22. The van der Waals surface area contributed by atoms with Crippen molar-refractivity contribution in [3.05, 3.63) is 41.7 Å². The van der Waals surface area contributed by atoms with Gasteiger partial charge in [-0.1, -0.05) is 12.1 Å². The largest absolute Gasteiger partial charge is 0.468 e. The Balaban J connectivity index is 2.61. The van der Waals surface area contributed by atoms with Gasteiger partial charge in [-0.15, -0.1) is 0 Å². The van der Waals surface area contributed by atoms with E-state index in [9.17, 15) is 14.0 Å². The third-order valence-corrected chi connectivity index (χ3v) is 2.24. The van der Waals surface area contributed by atoms with Gasteiger partial charge in [0.1, 0.15) is 12.4 Å². The SMILES string of the molecule is COC(=O)CN(C)C(=O)/C=C/c1cccc(F)c1. The Labute approximate surface area is 105 Å². The topological polar surface area (TPSA) is 46.6 Å². The molecule has 0 saturated heterocycles. The van der Waals surface area contributed by atoms with Crippen molar-refractivity contribution in [2.75, 3.05) is 20.7 Å². The van der Waals surface area contributed by atoms with Crippen LogP contribution in [0.25, 0.3) is 6.08 Å². The molecule has 1 amide bonds. The Morgan fingerprint density at radius 3 is 2.78 bits per heavy atom. The predicted octanol–water partition coefficient (Wildman–Crippen LogP) is 1.47. The van der Waals surface area contributed by atoms with Crippen LogP contribution in [0.4, 0.5) is 4.39 Å². The van der Waals surface area contributed by atoms with E-state index in [-0.39, 0.29) is 18.3 Å². The van der Waals surface area contributed by atoms with Crippen LogP contribution in [0.15, 0.2) is 30.3 Å². The van der Waals surface area contributed by atoms with Crippen molar-refractivity contribution < 1.29 is 18.7 Å². The molecule has 0 unspecified atom stereocenters. The molecule has 5 heteroatoms. The summed E-state index contributed by atoms with van der Waals surface area (Å²) < 4.78 is 17.3. The zero-order chi connectivity index (χ0) is 13.5. The molecule has 0 aromatic heterocycles. The molecule has 18 heavy (non-hydrogen) atoms. The van der Waals surface area contributed by atoms with Crippen molar-refractivity contribution in [1.82, 2.24) is 4.90 Å². The normalized spacial score (nSPS) is 10.4. The van der Waals surface area contributed by atoms with Crippen LogP contribution in [0.3, 0.4) is 0 Å². The van der Waals surface area contributed by atoms with Gasteiger partial charge < -0.3 is 9.64 Å². The maximum Gasteiger partial charge on any atom is 0.325 e. The molecule has 0 fully saturated rings. The lowest BCUT2D eigenvalue weighted by molar-refractivity contribution is -0.144. The number of likely N-dealkylation sites (N-methyl/N-ethyl adjacent to an activating group) is 1. The first-order valence-corrected chi connectivity index (χ1v) is 5.28. The number of benzene rings is 1. The summed E-state index contributed by atoms with van der Waals surface area (Å²) in [6, 6.07) is 5.86. The number of halogens is 1. The van der Waals surface area contributed by atoms with Crippen LogP contribution in [0.2, 0.25) is 0 Å². The van der Waals surface area contributed by atoms with Gasteiger partial charge >= 0.3 is 5.97 Å². The molecule has 0 aliphatic carbocycles. The van der Waals surface area contributed by atoms with E-state index in [0.717, 1.165) is 0 Å². The molecule has 4 nitrogen and oxygen atoms in total.